The lowest BCUT2D eigenvalue weighted by Crippen LogP contribution is -2.44. The van der Waals surface area contributed by atoms with Crippen molar-refractivity contribution in [1.29, 1.82) is 0 Å². The largest absolute Gasteiger partial charge is 0.481 e. The highest BCUT2D eigenvalue weighted by Gasteiger charge is 2.26. The molecule has 114 valence electrons. The molecule has 0 aliphatic rings. The molecule has 20 heavy (non-hydrogen) atoms. The molecule has 0 radical (unpaired) electrons. The van der Waals surface area contributed by atoms with Gasteiger partial charge in [0.25, 0.3) is 0 Å². The molecular weight excluding hydrogens is 278 g/mol. The molecule has 0 saturated carbocycles. The first-order valence-electron chi connectivity index (χ1n) is 6.65. The summed E-state index contributed by atoms with van der Waals surface area (Å²) in [7, 11) is -1.57. The van der Waals surface area contributed by atoms with Crippen molar-refractivity contribution in [2.24, 2.45) is 0 Å². The van der Waals surface area contributed by atoms with E-state index in [9.17, 15) is 8.42 Å². The molecule has 0 aromatic carbocycles. The van der Waals surface area contributed by atoms with Crippen LogP contribution in [-0.4, -0.2) is 49.6 Å². The zero-order chi connectivity index (χ0) is 15.2. The number of hydrogen-bond donors (Lipinski definition) is 1. The van der Waals surface area contributed by atoms with Crippen molar-refractivity contribution in [3.8, 4) is 5.88 Å². The molecule has 0 aliphatic carbocycles. The van der Waals surface area contributed by atoms with Crippen molar-refractivity contribution in [1.82, 2.24) is 15.3 Å². The van der Waals surface area contributed by atoms with Crippen LogP contribution in [0.1, 0.15) is 26.0 Å². The van der Waals surface area contributed by atoms with Gasteiger partial charge < -0.3 is 10.1 Å². The van der Waals surface area contributed by atoms with Crippen molar-refractivity contribution in [3.05, 3.63) is 18.1 Å². The van der Waals surface area contributed by atoms with Crippen LogP contribution in [0.4, 0.5) is 0 Å². The number of methoxy groups -OCH3 is 1. The first-order chi connectivity index (χ1) is 9.38. The van der Waals surface area contributed by atoms with Gasteiger partial charge in [-0.25, -0.2) is 18.4 Å². The molecule has 7 heteroatoms. The Bertz CT molecular complexity index is 519. The van der Waals surface area contributed by atoms with E-state index in [1.807, 2.05) is 6.92 Å². The van der Waals surface area contributed by atoms with E-state index >= 15 is 0 Å². The average molecular weight is 301 g/mol. The fourth-order valence-corrected chi connectivity index (χ4v) is 2.65. The van der Waals surface area contributed by atoms with Gasteiger partial charge in [0.2, 0.25) is 5.88 Å². The normalized spacial score (nSPS) is 14.8. The van der Waals surface area contributed by atoms with Crippen molar-refractivity contribution in [3.63, 3.8) is 0 Å². The van der Waals surface area contributed by atoms with Crippen LogP contribution >= 0.6 is 0 Å². The first-order valence-corrected chi connectivity index (χ1v) is 8.61. The standard InChI is InChI=1S/C13H23N3O3S/c1-5-6-14-12(10(2)20(4,17)18)7-11-8-13(19-3)16-9-15-11/h8-10,12,14H,5-7H2,1-4H3. The van der Waals surface area contributed by atoms with Crippen molar-refractivity contribution < 1.29 is 13.2 Å². The van der Waals surface area contributed by atoms with Gasteiger partial charge in [0.05, 0.1) is 12.4 Å². The molecule has 2 atom stereocenters. The summed E-state index contributed by atoms with van der Waals surface area (Å²) >= 11 is 0. The van der Waals surface area contributed by atoms with Crippen LogP contribution in [-0.2, 0) is 16.3 Å². The molecule has 6 nitrogen and oxygen atoms in total. The van der Waals surface area contributed by atoms with E-state index in [0.717, 1.165) is 18.7 Å². The maximum Gasteiger partial charge on any atom is 0.216 e. The first kappa shape index (κ1) is 16.8. The molecule has 1 aromatic rings. The molecule has 0 spiro atoms. The Morgan fingerprint density at radius 2 is 2.10 bits per heavy atom. The van der Waals surface area contributed by atoms with Crippen molar-refractivity contribution >= 4 is 9.84 Å². The van der Waals surface area contributed by atoms with Crippen LogP contribution in [0.3, 0.4) is 0 Å². The molecule has 1 heterocycles. The minimum atomic E-state index is -3.11. The zero-order valence-electron chi connectivity index (χ0n) is 12.5. The topological polar surface area (TPSA) is 81.2 Å². The summed E-state index contributed by atoms with van der Waals surface area (Å²) in [5.41, 5.74) is 0.765. The summed E-state index contributed by atoms with van der Waals surface area (Å²) in [5, 5.41) is 2.80. The fourth-order valence-electron chi connectivity index (χ4n) is 1.86. The van der Waals surface area contributed by atoms with Crippen molar-refractivity contribution in [2.75, 3.05) is 19.9 Å². The SMILES string of the molecule is CCCNC(Cc1cc(OC)ncn1)C(C)S(C)(=O)=O. The van der Waals surface area contributed by atoms with Gasteiger partial charge in [-0.15, -0.1) is 0 Å². The second-order valence-corrected chi connectivity index (χ2v) is 7.25. The number of hydrogen-bond acceptors (Lipinski definition) is 6. The van der Waals surface area contributed by atoms with Crippen LogP contribution in [0.25, 0.3) is 0 Å². The Hall–Kier alpha value is -1.21. The summed E-state index contributed by atoms with van der Waals surface area (Å²) in [6.45, 7) is 4.54. The second-order valence-electron chi connectivity index (χ2n) is 4.85. The summed E-state index contributed by atoms with van der Waals surface area (Å²) in [4.78, 5) is 8.12. The molecule has 0 aliphatic heterocycles. The van der Waals surface area contributed by atoms with Crippen LogP contribution < -0.4 is 10.1 Å². The molecule has 0 amide bonds. The highest BCUT2D eigenvalue weighted by molar-refractivity contribution is 7.91. The molecule has 2 unspecified atom stereocenters. The lowest BCUT2D eigenvalue weighted by molar-refractivity contribution is 0.395. The summed E-state index contributed by atoms with van der Waals surface area (Å²) in [6.07, 6.45) is 4.15. The third-order valence-electron chi connectivity index (χ3n) is 3.24. The highest BCUT2D eigenvalue weighted by atomic mass is 32.2. The van der Waals surface area contributed by atoms with E-state index < -0.39 is 15.1 Å². The van der Waals surface area contributed by atoms with Gasteiger partial charge in [0, 0.05) is 30.5 Å². The summed E-state index contributed by atoms with van der Waals surface area (Å²) in [5.74, 6) is 0.483. The summed E-state index contributed by atoms with van der Waals surface area (Å²) in [6, 6.07) is 1.56. The number of nitrogens with zero attached hydrogens (tertiary/aromatic N) is 2. The van der Waals surface area contributed by atoms with Crippen LogP contribution in [0.2, 0.25) is 0 Å². The predicted molar refractivity (Wildman–Crippen MR) is 78.7 cm³/mol. The molecule has 1 N–H and O–H groups in total. The lowest BCUT2D eigenvalue weighted by atomic mass is 10.1. The molecule has 0 bridgehead atoms. The molecule has 0 saturated heterocycles. The second kappa shape index (κ2) is 7.54. The van der Waals surface area contributed by atoms with Gasteiger partial charge in [-0.2, -0.15) is 0 Å². The maximum absolute atomic E-state index is 11.8. The predicted octanol–water partition coefficient (Wildman–Crippen LogP) is 0.829. The highest BCUT2D eigenvalue weighted by Crippen LogP contribution is 2.13. The van der Waals surface area contributed by atoms with E-state index in [-0.39, 0.29) is 6.04 Å². The molecule has 0 fully saturated rings. The minimum Gasteiger partial charge on any atom is -0.481 e. The van der Waals surface area contributed by atoms with Crippen LogP contribution in [0, 0.1) is 0 Å². The van der Waals surface area contributed by atoms with Crippen LogP contribution in [0.5, 0.6) is 5.88 Å². The van der Waals surface area contributed by atoms with Gasteiger partial charge in [-0.3, -0.25) is 0 Å². The van der Waals surface area contributed by atoms with E-state index in [1.54, 1.807) is 13.0 Å². The van der Waals surface area contributed by atoms with Gasteiger partial charge in [-0.05, 0) is 19.9 Å². The Kier molecular flexibility index (Phi) is 6.35. The monoisotopic (exact) mass is 301 g/mol. The minimum absolute atomic E-state index is 0.176. The maximum atomic E-state index is 11.8. The van der Waals surface area contributed by atoms with Gasteiger partial charge in [0.15, 0.2) is 9.84 Å². The Morgan fingerprint density at radius 3 is 2.65 bits per heavy atom. The number of aromatic nitrogens is 2. The van der Waals surface area contributed by atoms with Gasteiger partial charge in [0.1, 0.15) is 6.33 Å². The Labute approximate surface area is 120 Å². The molecular formula is C13H23N3O3S. The Morgan fingerprint density at radius 1 is 1.40 bits per heavy atom. The van der Waals surface area contributed by atoms with Gasteiger partial charge in [-0.1, -0.05) is 6.92 Å². The van der Waals surface area contributed by atoms with E-state index in [2.05, 4.69) is 15.3 Å². The quantitative estimate of drug-likeness (QED) is 0.766. The average Bonchev–Trinajstić information content (AvgIpc) is 2.41. The number of rotatable bonds is 8. The third kappa shape index (κ3) is 5.05. The van der Waals surface area contributed by atoms with Gasteiger partial charge >= 0.3 is 0 Å². The van der Waals surface area contributed by atoms with Crippen molar-refractivity contribution in [2.45, 2.75) is 38.0 Å². The number of sulfone groups is 1. The Balaban J connectivity index is 2.88. The van der Waals surface area contributed by atoms with E-state index in [1.165, 1.54) is 19.7 Å². The fraction of sp³-hybridized carbons (Fsp3) is 0.692. The number of ether oxygens (including phenoxy) is 1. The van der Waals surface area contributed by atoms with Crippen LogP contribution in [0.15, 0.2) is 12.4 Å². The lowest BCUT2D eigenvalue weighted by Gasteiger charge is -2.23. The molecule has 1 rings (SSSR count). The third-order valence-corrected chi connectivity index (χ3v) is 4.91. The zero-order valence-corrected chi connectivity index (χ0v) is 13.3. The van der Waals surface area contributed by atoms with E-state index in [4.69, 9.17) is 4.74 Å². The number of nitrogens with one attached hydrogen (secondary N) is 1. The summed E-state index contributed by atoms with van der Waals surface area (Å²) < 4.78 is 28.6. The van der Waals surface area contributed by atoms with E-state index in [0.29, 0.717) is 12.3 Å². The smallest absolute Gasteiger partial charge is 0.216 e. The molecule has 1 aromatic heterocycles.